The summed E-state index contributed by atoms with van der Waals surface area (Å²) in [6, 6.07) is 15.9. The Morgan fingerprint density at radius 3 is 2.38 bits per heavy atom. The van der Waals surface area contributed by atoms with Gasteiger partial charge in [-0.3, -0.25) is 14.9 Å². The van der Waals surface area contributed by atoms with Gasteiger partial charge in [0.05, 0.1) is 22.0 Å². The fraction of sp³-hybridized carbons (Fsp3) is 0.0833. The first-order valence-electron chi connectivity index (χ1n) is 9.98. The van der Waals surface area contributed by atoms with E-state index in [9.17, 15) is 34.3 Å². The minimum absolute atomic E-state index is 0.123. The molecule has 3 aromatic rings. The number of esters is 1. The van der Waals surface area contributed by atoms with E-state index in [1.807, 2.05) is 0 Å². The molecule has 0 saturated heterocycles. The van der Waals surface area contributed by atoms with Crippen LogP contribution in [-0.4, -0.2) is 21.8 Å². The van der Waals surface area contributed by atoms with E-state index >= 15 is 0 Å². The van der Waals surface area contributed by atoms with Gasteiger partial charge >= 0.3 is 5.97 Å². The lowest BCUT2D eigenvalue weighted by atomic mass is 9.86. The monoisotopic (exact) mass is 463 g/mol. The van der Waals surface area contributed by atoms with Gasteiger partial charge in [-0.2, -0.15) is 0 Å². The smallest absolute Gasteiger partial charge is 0.339 e. The Bertz CT molecular complexity index is 1320. The van der Waals surface area contributed by atoms with Crippen molar-refractivity contribution in [1.29, 1.82) is 0 Å². The van der Waals surface area contributed by atoms with E-state index in [0.29, 0.717) is 0 Å². The van der Waals surface area contributed by atoms with E-state index in [0.717, 1.165) is 18.2 Å². The molecule has 2 unspecified atom stereocenters. The first-order valence-corrected chi connectivity index (χ1v) is 9.98. The number of aliphatic hydroxyl groups excluding tert-OH is 1. The van der Waals surface area contributed by atoms with Crippen LogP contribution >= 0.6 is 0 Å². The average Bonchev–Trinajstić information content (AvgIpc) is 3.16. The molecule has 10 heteroatoms. The number of carbonyl (C=O) groups is 2. The molecule has 34 heavy (non-hydrogen) atoms. The van der Waals surface area contributed by atoms with Crippen LogP contribution < -0.4 is 10.4 Å². The van der Waals surface area contributed by atoms with Crippen LogP contribution in [0.3, 0.4) is 0 Å². The van der Waals surface area contributed by atoms with Crippen LogP contribution in [0.4, 0.5) is 15.8 Å². The van der Waals surface area contributed by atoms with Crippen molar-refractivity contribution in [3.05, 3.63) is 117 Å². The molecule has 0 aromatic heterocycles. The average molecular weight is 463 g/mol. The fourth-order valence-electron chi connectivity index (χ4n) is 3.66. The third kappa shape index (κ3) is 4.16. The number of hydrogen-bond donors (Lipinski definition) is 2. The van der Waals surface area contributed by atoms with Gasteiger partial charge in [-0.25, -0.2) is 9.18 Å². The highest BCUT2D eigenvalue weighted by atomic mass is 19.1. The number of anilines is 1. The topological polar surface area (TPSA) is 142 Å². The summed E-state index contributed by atoms with van der Waals surface area (Å²) in [5.41, 5.74) is -0.103. The van der Waals surface area contributed by atoms with Crippen molar-refractivity contribution in [1.82, 2.24) is 0 Å². The van der Waals surface area contributed by atoms with Gasteiger partial charge in [-0.1, -0.05) is 36.1 Å². The predicted octanol–water partition coefficient (Wildman–Crippen LogP) is 3.64. The minimum atomic E-state index is -1.80. The van der Waals surface area contributed by atoms with Crippen LogP contribution in [0.5, 0.6) is 0 Å². The highest BCUT2D eigenvalue weighted by Gasteiger charge is 2.41. The van der Waals surface area contributed by atoms with Gasteiger partial charge in [-0.05, 0) is 30.3 Å². The van der Waals surface area contributed by atoms with Crippen LogP contribution in [0.15, 0.2) is 84.4 Å². The van der Waals surface area contributed by atoms with Crippen LogP contribution in [-0.2, 0) is 4.74 Å². The number of benzene rings is 3. The molecule has 0 radical (unpaired) electrons. The number of aliphatic hydroxyl groups is 1. The molecule has 3 aromatic carbocycles. The number of hydrogen-bond acceptors (Lipinski definition) is 8. The summed E-state index contributed by atoms with van der Waals surface area (Å²) in [7, 11) is 0. The Morgan fingerprint density at radius 2 is 1.71 bits per heavy atom. The molecule has 4 rings (SSSR count). The summed E-state index contributed by atoms with van der Waals surface area (Å²) in [5, 5.41) is 36.9. The maximum absolute atomic E-state index is 14.4. The van der Waals surface area contributed by atoms with E-state index in [4.69, 9.17) is 4.74 Å². The first-order chi connectivity index (χ1) is 16.3. The molecule has 1 heterocycles. The van der Waals surface area contributed by atoms with Crippen LogP contribution in [0, 0.1) is 21.8 Å². The van der Waals surface area contributed by atoms with E-state index in [1.165, 1.54) is 42.5 Å². The zero-order valence-electron chi connectivity index (χ0n) is 17.3. The molecule has 0 amide bonds. The first kappa shape index (κ1) is 22.5. The molecular formula is C24H16FN2O7-. The molecule has 0 spiro atoms. The van der Waals surface area contributed by atoms with Gasteiger partial charge in [0.25, 0.3) is 5.69 Å². The number of nitrogens with zero attached hydrogens (tertiary/aromatic N) is 1. The van der Waals surface area contributed by atoms with Crippen LogP contribution in [0.2, 0.25) is 0 Å². The Hall–Kier alpha value is -4.73. The molecule has 0 saturated carbocycles. The molecular weight excluding hydrogens is 447 g/mol. The van der Waals surface area contributed by atoms with E-state index in [2.05, 4.69) is 5.32 Å². The van der Waals surface area contributed by atoms with E-state index in [-0.39, 0.29) is 22.5 Å². The van der Waals surface area contributed by atoms with E-state index < -0.39 is 51.7 Å². The van der Waals surface area contributed by atoms with E-state index in [1.54, 1.807) is 12.1 Å². The summed E-state index contributed by atoms with van der Waals surface area (Å²) in [6.07, 6.45) is -1.40. The number of nitrogens with one attached hydrogen (secondary N) is 1. The second-order valence-electron chi connectivity index (χ2n) is 7.38. The molecule has 1 aliphatic heterocycles. The van der Waals surface area contributed by atoms with Crippen molar-refractivity contribution in [2.75, 3.05) is 5.32 Å². The van der Waals surface area contributed by atoms with Crippen molar-refractivity contribution >= 4 is 23.1 Å². The van der Waals surface area contributed by atoms with Crippen LogP contribution in [0.25, 0.3) is 0 Å². The zero-order chi connectivity index (χ0) is 24.4. The van der Waals surface area contributed by atoms with Crippen molar-refractivity contribution in [2.24, 2.45) is 5.92 Å². The van der Waals surface area contributed by atoms with Crippen molar-refractivity contribution < 1.29 is 33.9 Å². The highest BCUT2D eigenvalue weighted by molar-refractivity contribution is 6.02. The van der Waals surface area contributed by atoms with Gasteiger partial charge in [0.1, 0.15) is 11.9 Å². The minimum Gasteiger partial charge on any atom is -0.871 e. The lowest BCUT2D eigenvalue weighted by molar-refractivity contribution is -0.384. The Balaban J connectivity index is 1.76. The summed E-state index contributed by atoms with van der Waals surface area (Å²) < 4.78 is 19.7. The summed E-state index contributed by atoms with van der Waals surface area (Å²) in [5.74, 6) is -6.57. The fourth-order valence-corrected chi connectivity index (χ4v) is 3.66. The third-order valence-corrected chi connectivity index (χ3v) is 5.30. The van der Waals surface area contributed by atoms with Gasteiger partial charge in [0.15, 0.2) is 11.7 Å². The molecule has 0 fully saturated rings. The largest absolute Gasteiger partial charge is 0.871 e. The number of Topliss-reactive ketones (excluding diaryl/α,β-unsaturated/α-hetero) is 1. The number of halogens is 1. The van der Waals surface area contributed by atoms with Gasteiger partial charge in [0.2, 0.25) is 0 Å². The van der Waals surface area contributed by atoms with Gasteiger partial charge < -0.3 is 20.3 Å². The van der Waals surface area contributed by atoms with Gasteiger partial charge in [-0.15, -0.1) is 0 Å². The number of carbonyl (C=O) groups excluding carboxylic acids is 2. The normalized spacial score (nSPS) is 16.1. The number of ketones is 1. The quantitative estimate of drug-likeness (QED) is 0.178. The Morgan fingerprint density at radius 1 is 1.06 bits per heavy atom. The number of ether oxygens (including phenoxy) is 1. The number of nitro groups is 1. The zero-order valence-corrected chi connectivity index (χ0v) is 17.3. The standard InChI is InChI=1S/C24H17FN2O7/c25-18-8-4-3-7-17(18)20(28)19(22-15-5-1-2-6-16(15)24(31)34-22)21(29)23(30)26-13-9-11-14(12-10-13)27(32)33/h1-12,19,22,26,29-30H/p-1. The lowest BCUT2D eigenvalue weighted by Crippen LogP contribution is -2.33. The Labute approximate surface area is 191 Å². The predicted molar refractivity (Wildman–Crippen MR) is 115 cm³/mol. The second kappa shape index (κ2) is 9.02. The maximum Gasteiger partial charge on any atom is 0.339 e. The number of non-ortho nitro benzene ring substituents is 1. The van der Waals surface area contributed by atoms with Crippen molar-refractivity contribution in [3.8, 4) is 0 Å². The summed E-state index contributed by atoms with van der Waals surface area (Å²) in [4.78, 5) is 35.8. The molecule has 1 aliphatic rings. The number of rotatable bonds is 7. The number of nitro benzene ring substituents is 1. The number of fused-ring (bicyclic) bond motifs is 1. The van der Waals surface area contributed by atoms with Crippen molar-refractivity contribution in [3.63, 3.8) is 0 Å². The highest BCUT2D eigenvalue weighted by Crippen LogP contribution is 2.40. The Kier molecular flexibility index (Phi) is 5.96. The molecule has 9 nitrogen and oxygen atoms in total. The molecule has 2 atom stereocenters. The second-order valence-corrected chi connectivity index (χ2v) is 7.38. The number of cyclic esters (lactones) is 1. The molecule has 172 valence electrons. The molecule has 0 bridgehead atoms. The molecule has 0 aliphatic carbocycles. The SMILES string of the molecule is O=C1OC(C(C(=O)c2ccccc2F)C([O-])=C(O)Nc2ccc([N+](=O)[O-])cc2)c2ccccc21. The maximum atomic E-state index is 14.4. The third-order valence-electron chi connectivity index (χ3n) is 5.30. The van der Waals surface area contributed by atoms with Crippen LogP contribution in [0.1, 0.15) is 32.4 Å². The summed E-state index contributed by atoms with van der Waals surface area (Å²) in [6.45, 7) is 0. The molecule has 2 N–H and O–H groups in total. The lowest BCUT2D eigenvalue weighted by Gasteiger charge is -2.29. The summed E-state index contributed by atoms with van der Waals surface area (Å²) >= 11 is 0. The van der Waals surface area contributed by atoms with Gasteiger partial charge in [0, 0.05) is 23.4 Å². The van der Waals surface area contributed by atoms with Crippen molar-refractivity contribution in [2.45, 2.75) is 6.10 Å².